The number of hydrogen-bond donors (Lipinski definition) is 0. The van der Waals surface area contributed by atoms with E-state index in [1.54, 1.807) is 6.92 Å². The Kier molecular flexibility index (Phi) is 3.08. The van der Waals surface area contributed by atoms with Gasteiger partial charge in [0.15, 0.2) is 0 Å². The van der Waals surface area contributed by atoms with E-state index in [4.69, 9.17) is 0 Å². The van der Waals surface area contributed by atoms with Crippen molar-refractivity contribution < 1.29 is 16.8 Å². The number of rotatable bonds is 4. The van der Waals surface area contributed by atoms with Gasteiger partial charge >= 0.3 is 57.0 Å². The maximum absolute atomic E-state index is 11.5. The van der Waals surface area contributed by atoms with Crippen molar-refractivity contribution >= 4 is 7.85 Å². The molecule has 0 aliphatic heterocycles. The van der Waals surface area contributed by atoms with Crippen molar-refractivity contribution in [3.63, 3.8) is 0 Å². The Bertz CT molecular complexity index is 96.7. The molecule has 0 unspecified atom stereocenters. The second-order valence-electron chi connectivity index (χ2n) is 2.29. The molecule has 0 atom stereocenters. The third-order valence-corrected chi connectivity index (χ3v) is 2.09. The number of halogens is 4. The molecule has 0 amide bonds. The van der Waals surface area contributed by atoms with E-state index in [1.165, 1.54) is 0 Å². The van der Waals surface area contributed by atoms with E-state index in [0.29, 0.717) is 12.8 Å². The molecule has 0 nitrogen and oxygen atoms in total. The van der Waals surface area contributed by atoms with Gasteiger partial charge in [0.1, 0.15) is 0 Å². The van der Waals surface area contributed by atoms with Crippen LogP contribution in [-0.2, 0) is 0 Å². The van der Waals surface area contributed by atoms with Crippen molar-refractivity contribution in [1.82, 2.24) is 0 Å². The molecule has 0 saturated heterocycles. The first-order valence-electron chi connectivity index (χ1n) is 3.20. The second kappa shape index (κ2) is 3.04. The van der Waals surface area contributed by atoms with Crippen molar-refractivity contribution in [2.24, 2.45) is 0 Å². The van der Waals surface area contributed by atoms with E-state index in [1.807, 2.05) is 0 Å². The van der Waals surface area contributed by atoms with Crippen molar-refractivity contribution in [2.75, 3.05) is 6.16 Å². The molecule has 0 spiro atoms. The normalized spacial score (nSPS) is 16.3. The first-order valence-corrected chi connectivity index (χ1v) is 5.18. The summed E-state index contributed by atoms with van der Waals surface area (Å²) in [6.45, 7) is 1.78. The van der Waals surface area contributed by atoms with Crippen LogP contribution in [0.4, 0.5) is 16.8 Å². The van der Waals surface area contributed by atoms with Crippen LogP contribution >= 0.6 is 7.85 Å². The van der Waals surface area contributed by atoms with Gasteiger partial charge in [-0.05, 0) is 0 Å². The third-order valence-electron chi connectivity index (χ3n) is 1.10. The van der Waals surface area contributed by atoms with Gasteiger partial charge in [0.05, 0.1) is 0 Å². The Morgan fingerprint density at radius 3 is 1.80 bits per heavy atom. The summed E-state index contributed by atoms with van der Waals surface area (Å²) >= 11 is 0. The molecular formula is C5H11F4P. The van der Waals surface area contributed by atoms with Crippen molar-refractivity contribution in [1.29, 1.82) is 0 Å². The Morgan fingerprint density at radius 2 is 1.50 bits per heavy atom. The van der Waals surface area contributed by atoms with Gasteiger partial charge in [-0.15, -0.1) is 0 Å². The topological polar surface area (TPSA) is 0 Å². The van der Waals surface area contributed by atoms with Gasteiger partial charge in [0, 0.05) is 0 Å². The first kappa shape index (κ1) is 10.2. The fraction of sp³-hybridized carbons (Fsp3) is 1.00. The van der Waals surface area contributed by atoms with Crippen LogP contribution < -0.4 is 0 Å². The van der Waals surface area contributed by atoms with Gasteiger partial charge in [0.25, 0.3) is 0 Å². The second-order valence-corrected chi connectivity index (χ2v) is 4.46. The maximum atomic E-state index is 11.5. The molecule has 0 bridgehead atoms. The first-order chi connectivity index (χ1) is 4.31. The van der Waals surface area contributed by atoms with Crippen molar-refractivity contribution in [3.8, 4) is 0 Å². The SMILES string of the molecule is CCCCCP(F)(F)(F)F. The van der Waals surface area contributed by atoms with Gasteiger partial charge in [-0.2, -0.15) is 0 Å². The van der Waals surface area contributed by atoms with Crippen molar-refractivity contribution in [2.45, 2.75) is 26.2 Å². The van der Waals surface area contributed by atoms with E-state index < -0.39 is 14.0 Å². The molecule has 0 fully saturated rings. The molecule has 0 aromatic rings. The van der Waals surface area contributed by atoms with Crippen LogP contribution in [0.1, 0.15) is 26.2 Å². The molecule has 0 N–H and O–H groups in total. The Balaban J connectivity index is 3.49. The molecule has 0 saturated carbocycles. The average molecular weight is 178 g/mol. The summed E-state index contributed by atoms with van der Waals surface area (Å²) in [4.78, 5) is 0. The summed E-state index contributed by atoms with van der Waals surface area (Å²) in [5.74, 6) is 0. The zero-order valence-corrected chi connectivity index (χ0v) is 6.68. The molecule has 5 heteroatoms. The van der Waals surface area contributed by atoms with E-state index in [9.17, 15) is 16.8 Å². The van der Waals surface area contributed by atoms with Gasteiger partial charge in [-0.25, -0.2) is 0 Å². The molecule has 0 aliphatic rings. The predicted molar refractivity (Wildman–Crippen MR) is 35.7 cm³/mol. The summed E-state index contributed by atoms with van der Waals surface area (Å²) < 4.78 is 46.1. The Hall–Kier alpha value is 0.150. The van der Waals surface area contributed by atoms with E-state index >= 15 is 0 Å². The molecule has 0 aromatic heterocycles. The molecular weight excluding hydrogens is 167 g/mol. The third kappa shape index (κ3) is 8.15. The minimum absolute atomic E-state index is 0.0612. The standard InChI is InChI=1S/C5H11F4P/c1-2-3-4-5-10(6,7,8)9/h2-5H2,1H3. The molecule has 0 rings (SSSR count). The molecule has 64 valence electrons. The summed E-state index contributed by atoms with van der Waals surface area (Å²) in [6, 6.07) is 0. The molecule has 0 aromatic carbocycles. The van der Waals surface area contributed by atoms with Crippen LogP contribution in [0.15, 0.2) is 0 Å². The van der Waals surface area contributed by atoms with E-state index in [0.717, 1.165) is 0 Å². The van der Waals surface area contributed by atoms with Crippen LogP contribution in [-0.4, -0.2) is 6.16 Å². The van der Waals surface area contributed by atoms with Crippen LogP contribution in [0.5, 0.6) is 0 Å². The molecule has 0 aliphatic carbocycles. The van der Waals surface area contributed by atoms with Crippen molar-refractivity contribution in [3.05, 3.63) is 0 Å². The number of unbranched alkanes of at least 4 members (excludes halogenated alkanes) is 2. The summed E-state index contributed by atoms with van der Waals surface area (Å²) in [5, 5.41) is 0. The molecule has 0 radical (unpaired) electrons. The number of hydrogen-bond acceptors (Lipinski definition) is 0. The summed E-state index contributed by atoms with van der Waals surface area (Å²) in [5.41, 5.74) is 0. The van der Waals surface area contributed by atoms with Gasteiger partial charge in [-0.3, -0.25) is 0 Å². The Morgan fingerprint density at radius 1 is 1.00 bits per heavy atom. The molecule has 10 heavy (non-hydrogen) atoms. The minimum atomic E-state index is -7.15. The van der Waals surface area contributed by atoms with E-state index in [-0.39, 0.29) is 6.42 Å². The van der Waals surface area contributed by atoms with Gasteiger partial charge in [-0.1, -0.05) is 0 Å². The zero-order valence-electron chi connectivity index (χ0n) is 5.79. The van der Waals surface area contributed by atoms with Crippen LogP contribution in [0.3, 0.4) is 0 Å². The zero-order chi connectivity index (χ0) is 8.28. The summed E-state index contributed by atoms with van der Waals surface area (Å²) in [7, 11) is -7.15. The predicted octanol–water partition coefficient (Wildman–Crippen LogP) is 4.27. The Labute approximate surface area is 58.0 Å². The van der Waals surface area contributed by atoms with Gasteiger partial charge in [0.2, 0.25) is 0 Å². The quantitative estimate of drug-likeness (QED) is 0.342. The van der Waals surface area contributed by atoms with Crippen LogP contribution in [0.25, 0.3) is 0 Å². The van der Waals surface area contributed by atoms with Crippen LogP contribution in [0.2, 0.25) is 0 Å². The fourth-order valence-electron chi connectivity index (χ4n) is 0.601. The van der Waals surface area contributed by atoms with Crippen LogP contribution in [0, 0.1) is 0 Å². The summed E-state index contributed by atoms with van der Waals surface area (Å²) in [6.07, 6.45) is -0.111. The monoisotopic (exact) mass is 178 g/mol. The average Bonchev–Trinajstić information content (AvgIpc) is 1.61. The van der Waals surface area contributed by atoms with Gasteiger partial charge < -0.3 is 0 Å². The fourth-order valence-corrected chi connectivity index (χ4v) is 1.30. The van der Waals surface area contributed by atoms with E-state index in [2.05, 4.69) is 0 Å². The molecule has 0 heterocycles.